The molecular formula is C10H19NO2S. The zero-order valence-corrected chi connectivity index (χ0v) is 9.95. The number of esters is 1. The first-order chi connectivity index (χ1) is 6.56. The summed E-state index contributed by atoms with van der Waals surface area (Å²) < 4.78 is 4.75. The van der Waals surface area contributed by atoms with E-state index in [1.165, 1.54) is 19.3 Å². The molecule has 1 saturated heterocycles. The summed E-state index contributed by atoms with van der Waals surface area (Å²) >= 11 is 1.97. The van der Waals surface area contributed by atoms with Gasteiger partial charge in [-0.25, -0.2) is 0 Å². The molecule has 0 aromatic heterocycles. The number of nitrogens with one attached hydrogen (secondary N) is 1. The van der Waals surface area contributed by atoms with Gasteiger partial charge in [-0.2, -0.15) is 11.8 Å². The maximum absolute atomic E-state index is 11.4. The van der Waals surface area contributed by atoms with Crippen LogP contribution in [0.15, 0.2) is 0 Å². The number of rotatable bonds is 4. The van der Waals surface area contributed by atoms with Gasteiger partial charge >= 0.3 is 5.97 Å². The molecule has 3 nitrogen and oxygen atoms in total. The van der Waals surface area contributed by atoms with Crippen molar-refractivity contribution in [3.63, 3.8) is 0 Å². The maximum Gasteiger partial charge on any atom is 0.312 e. The Hall–Kier alpha value is -0.220. The van der Waals surface area contributed by atoms with Gasteiger partial charge in [0, 0.05) is 18.3 Å². The van der Waals surface area contributed by atoms with Crippen molar-refractivity contribution in [2.24, 2.45) is 5.41 Å². The van der Waals surface area contributed by atoms with Gasteiger partial charge in [0.15, 0.2) is 0 Å². The number of carbonyl (C=O) groups is 1. The Labute approximate surface area is 90.0 Å². The molecule has 1 atom stereocenters. The van der Waals surface area contributed by atoms with Gasteiger partial charge in [-0.05, 0) is 26.0 Å². The van der Waals surface area contributed by atoms with Gasteiger partial charge in [-0.3, -0.25) is 4.79 Å². The minimum Gasteiger partial charge on any atom is -0.469 e. The zero-order valence-electron chi connectivity index (χ0n) is 9.13. The highest BCUT2D eigenvalue weighted by molar-refractivity contribution is 7.99. The van der Waals surface area contributed by atoms with Gasteiger partial charge in [-0.1, -0.05) is 0 Å². The number of hydrogen-bond donors (Lipinski definition) is 1. The number of hydrogen-bond acceptors (Lipinski definition) is 4. The van der Waals surface area contributed by atoms with E-state index < -0.39 is 5.41 Å². The molecule has 0 unspecified atom stereocenters. The average Bonchev–Trinajstić information content (AvgIpc) is 2.66. The van der Waals surface area contributed by atoms with E-state index in [-0.39, 0.29) is 5.97 Å². The van der Waals surface area contributed by atoms with E-state index in [0.29, 0.717) is 12.6 Å². The monoisotopic (exact) mass is 217 g/mol. The summed E-state index contributed by atoms with van der Waals surface area (Å²) in [5, 5.41) is 3.42. The van der Waals surface area contributed by atoms with Crippen molar-refractivity contribution in [3.8, 4) is 0 Å². The maximum atomic E-state index is 11.4. The van der Waals surface area contributed by atoms with Crippen molar-refractivity contribution in [2.75, 3.05) is 25.2 Å². The van der Waals surface area contributed by atoms with E-state index in [2.05, 4.69) is 5.32 Å². The highest BCUT2D eigenvalue weighted by atomic mass is 32.2. The number of methoxy groups -OCH3 is 1. The van der Waals surface area contributed by atoms with E-state index >= 15 is 0 Å². The molecule has 0 aromatic rings. The lowest BCUT2D eigenvalue weighted by molar-refractivity contribution is -0.150. The Kier molecular flexibility index (Phi) is 4.26. The molecule has 14 heavy (non-hydrogen) atoms. The highest BCUT2D eigenvalue weighted by Gasteiger charge is 2.29. The van der Waals surface area contributed by atoms with Gasteiger partial charge < -0.3 is 10.1 Å². The van der Waals surface area contributed by atoms with Crippen LogP contribution in [0.2, 0.25) is 0 Å². The Balaban J connectivity index is 2.31. The van der Waals surface area contributed by atoms with Crippen LogP contribution < -0.4 is 5.32 Å². The van der Waals surface area contributed by atoms with Crippen molar-refractivity contribution < 1.29 is 9.53 Å². The quantitative estimate of drug-likeness (QED) is 0.720. The lowest BCUT2D eigenvalue weighted by atomic mass is 9.93. The predicted molar refractivity (Wildman–Crippen MR) is 59.5 cm³/mol. The SMILES string of the molecule is COC(=O)C(C)(C)CN[C@@H]1CCSC1. The first kappa shape index (κ1) is 11.9. The van der Waals surface area contributed by atoms with E-state index in [1.54, 1.807) is 0 Å². The van der Waals surface area contributed by atoms with Crippen molar-refractivity contribution in [1.82, 2.24) is 5.32 Å². The summed E-state index contributed by atoms with van der Waals surface area (Å²) in [6, 6.07) is 0.573. The number of thioether (sulfide) groups is 1. The van der Waals surface area contributed by atoms with Crippen LogP contribution in [0.3, 0.4) is 0 Å². The molecule has 0 radical (unpaired) electrons. The molecule has 0 bridgehead atoms. The summed E-state index contributed by atoms with van der Waals surface area (Å²) in [6.45, 7) is 4.52. The zero-order chi connectivity index (χ0) is 10.6. The summed E-state index contributed by atoms with van der Waals surface area (Å²) in [6.07, 6.45) is 1.21. The normalized spacial score (nSPS) is 22.4. The Morgan fingerprint density at radius 1 is 1.64 bits per heavy atom. The summed E-state index contributed by atoms with van der Waals surface area (Å²) in [7, 11) is 1.44. The second-order valence-electron chi connectivity index (χ2n) is 4.32. The van der Waals surface area contributed by atoms with Crippen LogP contribution in [-0.2, 0) is 9.53 Å². The van der Waals surface area contributed by atoms with Gasteiger partial charge in [0.2, 0.25) is 0 Å². The second kappa shape index (κ2) is 5.03. The topological polar surface area (TPSA) is 38.3 Å². The second-order valence-corrected chi connectivity index (χ2v) is 5.47. The molecule has 4 heteroatoms. The molecule has 0 spiro atoms. The third-order valence-electron chi connectivity index (χ3n) is 2.50. The van der Waals surface area contributed by atoms with Crippen molar-refractivity contribution in [3.05, 3.63) is 0 Å². The van der Waals surface area contributed by atoms with Crippen LogP contribution in [0.25, 0.3) is 0 Å². The van der Waals surface area contributed by atoms with Gasteiger partial charge in [0.05, 0.1) is 12.5 Å². The van der Waals surface area contributed by atoms with E-state index in [9.17, 15) is 4.79 Å². The van der Waals surface area contributed by atoms with E-state index in [1.807, 2.05) is 25.6 Å². The van der Waals surface area contributed by atoms with Crippen LogP contribution in [-0.4, -0.2) is 37.2 Å². The minimum atomic E-state index is -0.415. The summed E-state index contributed by atoms with van der Waals surface area (Å²) in [5.41, 5.74) is -0.415. The highest BCUT2D eigenvalue weighted by Crippen LogP contribution is 2.20. The van der Waals surface area contributed by atoms with E-state index in [4.69, 9.17) is 4.74 Å². The molecule has 1 rings (SSSR count). The third kappa shape index (κ3) is 3.17. The number of carbonyl (C=O) groups excluding carboxylic acids is 1. The lowest BCUT2D eigenvalue weighted by Crippen LogP contribution is -2.41. The molecular weight excluding hydrogens is 198 g/mol. The minimum absolute atomic E-state index is 0.143. The molecule has 1 N–H and O–H groups in total. The summed E-state index contributed by atoms with van der Waals surface area (Å²) in [5.74, 6) is 2.25. The summed E-state index contributed by atoms with van der Waals surface area (Å²) in [4.78, 5) is 11.4. The molecule has 0 aliphatic carbocycles. The van der Waals surface area contributed by atoms with Gasteiger partial charge in [0.1, 0.15) is 0 Å². The lowest BCUT2D eigenvalue weighted by Gasteiger charge is -2.23. The Morgan fingerprint density at radius 2 is 2.36 bits per heavy atom. The average molecular weight is 217 g/mol. The van der Waals surface area contributed by atoms with Crippen molar-refractivity contribution in [2.45, 2.75) is 26.3 Å². The molecule has 0 aromatic carbocycles. The van der Waals surface area contributed by atoms with Gasteiger partial charge in [-0.15, -0.1) is 0 Å². The molecule has 1 heterocycles. The van der Waals surface area contributed by atoms with Crippen molar-refractivity contribution in [1.29, 1.82) is 0 Å². The largest absolute Gasteiger partial charge is 0.469 e. The van der Waals surface area contributed by atoms with Crippen molar-refractivity contribution >= 4 is 17.7 Å². The van der Waals surface area contributed by atoms with Crippen LogP contribution >= 0.6 is 11.8 Å². The van der Waals surface area contributed by atoms with Crippen LogP contribution in [0.5, 0.6) is 0 Å². The molecule has 1 aliphatic heterocycles. The molecule has 0 saturated carbocycles. The van der Waals surface area contributed by atoms with E-state index in [0.717, 1.165) is 5.75 Å². The molecule has 0 amide bonds. The third-order valence-corrected chi connectivity index (χ3v) is 3.66. The fourth-order valence-corrected chi connectivity index (χ4v) is 2.63. The molecule has 1 fully saturated rings. The Morgan fingerprint density at radius 3 is 2.86 bits per heavy atom. The van der Waals surface area contributed by atoms with Crippen LogP contribution in [0.1, 0.15) is 20.3 Å². The smallest absolute Gasteiger partial charge is 0.312 e. The van der Waals surface area contributed by atoms with Crippen LogP contribution in [0, 0.1) is 5.41 Å². The number of ether oxygens (including phenoxy) is 1. The first-order valence-corrected chi connectivity index (χ1v) is 6.11. The standard InChI is InChI=1S/C10H19NO2S/c1-10(2,9(12)13-3)7-11-8-4-5-14-6-8/h8,11H,4-7H2,1-3H3/t8-/m1/s1. The fraction of sp³-hybridized carbons (Fsp3) is 0.900. The Bertz CT molecular complexity index is 200. The van der Waals surface area contributed by atoms with Crippen LogP contribution in [0.4, 0.5) is 0 Å². The predicted octanol–water partition coefficient (Wildman–Crippen LogP) is 1.28. The molecule has 1 aliphatic rings. The fourth-order valence-electron chi connectivity index (χ4n) is 1.44. The first-order valence-electron chi connectivity index (χ1n) is 4.96. The molecule has 82 valence electrons. The van der Waals surface area contributed by atoms with Gasteiger partial charge in [0.25, 0.3) is 0 Å².